The Bertz CT molecular complexity index is 1010. The van der Waals surface area contributed by atoms with Crippen molar-refractivity contribution < 1.29 is 4.79 Å². The van der Waals surface area contributed by atoms with Gasteiger partial charge < -0.3 is 5.84 Å². The van der Waals surface area contributed by atoms with E-state index in [1.54, 1.807) is 0 Å². The second-order valence-corrected chi connectivity index (χ2v) is 9.14. The summed E-state index contributed by atoms with van der Waals surface area (Å²) in [5.74, 6) is 7.09. The summed E-state index contributed by atoms with van der Waals surface area (Å²) in [5.41, 5.74) is 4.05. The number of benzene rings is 2. The third-order valence-electron chi connectivity index (χ3n) is 5.04. The Hall–Kier alpha value is -2.80. The largest absolute Gasteiger partial charge is 0.336 e. The highest BCUT2D eigenvalue weighted by Crippen LogP contribution is 2.36. The molecule has 150 valence electrons. The van der Waals surface area contributed by atoms with Crippen LogP contribution >= 0.6 is 11.8 Å². The van der Waals surface area contributed by atoms with Gasteiger partial charge in [-0.2, -0.15) is 0 Å². The number of nitrogens with zero attached hydrogens (tertiary/aromatic N) is 4. The first-order valence-electron chi connectivity index (χ1n) is 9.69. The molecule has 6 nitrogen and oxygen atoms in total. The number of carbonyl (C=O) groups is 1. The molecule has 1 aromatic heterocycles. The second-order valence-electron chi connectivity index (χ2n) is 8.20. The van der Waals surface area contributed by atoms with E-state index < -0.39 is 0 Å². The average molecular weight is 408 g/mol. The van der Waals surface area contributed by atoms with E-state index in [1.807, 2.05) is 62.1 Å². The van der Waals surface area contributed by atoms with Crippen molar-refractivity contribution in [2.24, 2.45) is 0 Å². The van der Waals surface area contributed by atoms with Crippen LogP contribution in [0.2, 0.25) is 0 Å². The number of aromatic nitrogens is 3. The van der Waals surface area contributed by atoms with E-state index in [1.165, 1.54) is 27.6 Å². The molecule has 2 N–H and O–H groups in total. The van der Waals surface area contributed by atoms with Gasteiger partial charge >= 0.3 is 0 Å². The molecule has 0 atom stereocenters. The number of nitrogen functional groups attached to an aromatic ring is 1. The highest BCUT2D eigenvalue weighted by Gasteiger charge is 2.27. The van der Waals surface area contributed by atoms with Crippen molar-refractivity contribution in [2.45, 2.75) is 44.2 Å². The minimum absolute atomic E-state index is 0.00268. The van der Waals surface area contributed by atoms with Gasteiger partial charge in [0.05, 0.1) is 17.1 Å². The normalized spacial score (nSPS) is 13.6. The molecule has 2 heterocycles. The third-order valence-corrected chi connectivity index (χ3v) is 5.97. The van der Waals surface area contributed by atoms with Crippen LogP contribution in [-0.4, -0.2) is 26.5 Å². The van der Waals surface area contributed by atoms with Gasteiger partial charge in [0, 0.05) is 5.41 Å². The molecule has 1 aliphatic rings. The summed E-state index contributed by atoms with van der Waals surface area (Å²) in [6.45, 7) is 6.10. The third kappa shape index (κ3) is 3.74. The number of para-hydroxylation sites is 2. The predicted octanol–water partition coefficient (Wildman–Crippen LogP) is 3.85. The number of hydrogen-bond acceptors (Lipinski definition) is 5. The molecule has 0 saturated heterocycles. The van der Waals surface area contributed by atoms with Gasteiger partial charge in [-0.1, -0.05) is 68.9 Å². The number of aryl methyl sites for hydroxylation is 2. The molecule has 0 spiro atoms. The topological polar surface area (TPSA) is 77.0 Å². The zero-order chi connectivity index (χ0) is 20.6. The van der Waals surface area contributed by atoms with E-state index in [4.69, 9.17) is 5.84 Å². The Labute approximate surface area is 175 Å². The maximum atomic E-state index is 13.4. The van der Waals surface area contributed by atoms with Crippen molar-refractivity contribution >= 4 is 29.0 Å². The summed E-state index contributed by atoms with van der Waals surface area (Å²) in [7, 11) is 0. The summed E-state index contributed by atoms with van der Waals surface area (Å²) in [6, 6.07) is 16.2. The number of rotatable bonds is 3. The van der Waals surface area contributed by atoms with Gasteiger partial charge in [-0.15, -0.1) is 10.2 Å². The molecule has 7 heteroatoms. The lowest BCUT2D eigenvalue weighted by Gasteiger charge is -2.24. The second kappa shape index (κ2) is 7.55. The molecule has 0 saturated carbocycles. The van der Waals surface area contributed by atoms with Gasteiger partial charge in [0.15, 0.2) is 5.82 Å². The van der Waals surface area contributed by atoms with E-state index in [9.17, 15) is 4.79 Å². The lowest BCUT2D eigenvalue weighted by Crippen LogP contribution is -2.29. The Morgan fingerprint density at radius 2 is 1.55 bits per heavy atom. The molecular weight excluding hydrogens is 382 g/mol. The molecule has 0 unspecified atom stereocenters. The Balaban J connectivity index is 1.63. The van der Waals surface area contributed by atoms with Crippen molar-refractivity contribution in [1.29, 1.82) is 0 Å². The molecular formula is C22H25N5OS. The summed E-state index contributed by atoms with van der Waals surface area (Å²) in [5, 5.41) is 8.93. The number of amides is 1. The molecule has 3 aromatic rings. The average Bonchev–Trinajstić information content (AvgIpc) is 2.98. The van der Waals surface area contributed by atoms with Gasteiger partial charge in [0.1, 0.15) is 0 Å². The van der Waals surface area contributed by atoms with E-state index in [2.05, 4.69) is 22.3 Å². The van der Waals surface area contributed by atoms with Crippen LogP contribution in [0.4, 0.5) is 11.4 Å². The molecule has 2 aromatic carbocycles. The smallest absolute Gasteiger partial charge is 0.242 e. The highest BCUT2D eigenvalue weighted by molar-refractivity contribution is 7.99. The Kier molecular flexibility index (Phi) is 5.08. The van der Waals surface area contributed by atoms with Gasteiger partial charge in [-0.05, 0) is 36.1 Å². The minimum Gasteiger partial charge on any atom is -0.336 e. The van der Waals surface area contributed by atoms with Crippen LogP contribution < -0.4 is 10.7 Å². The van der Waals surface area contributed by atoms with Crippen molar-refractivity contribution in [3.63, 3.8) is 0 Å². The van der Waals surface area contributed by atoms with Crippen LogP contribution in [-0.2, 0) is 23.1 Å². The summed E-state index contributed by atoms with van der Waals surface area (Å²) in [4.78, 5) is 15.2. The number of nitrogens with two attached hydrogens (primary N) is 1. The maximum Gasteiger partial charge on any atom is 0.242 e. The molecule has 1 amide bonds. The fraction of sp³-hybridized carbons (Fsp3) is 0.318. The molecule has 0 radical (unpaired) electrons. The first kappa shape index (κ1) is 19.5. The number of anilines is 2. The van der Waals surface area contributed by atoms with Crippen molar-refractivity contribution in [3.8, 4) is 0 Å². The van der Waals surface area contributed by atoms with Crippen LogP contribution in [0.5, 0.6) is 0 Å². The molecule has 0 bridgehead atoms. The monoisotopic (exact) mass is 407 g/mol. The lowest BCUT2D eigenvalue weighted by atomic mass is 9.96. The summed E-state index contributed by atoms with van der Waals surface area (Å²) >= 11 is 1.32. The van der Waals surface area contributed by atoms with E-state index in [-0.39, 0.29) is 17.1 Å². The Morgan fingerprint density at radius 3 is 2.07 bits per heavy atom. The van der Waals surface area contributed by atoms with Crippen LogP contribution in [0.1, 0.15) is 37.7 Å². The van der Waals surface area contributed by atoms with E-state index in [0.717, 1.165) is 24.2 Å². The summed E-state index contributed by atoms with van der Waals surface area (Å²) in [6.07, 6.45) is 1.83. The van der Waals surface area contributed by atoms with Gasteiger partial charge in [-0.3, -0.25) is 9.69 Å². The first-order chi connectivity index (χ1) is 13.9. The summed E-state index contributed by atoms with van der Waals surface area (Å²) < 4.78 is 1.49. The van der Waals surface area contributed by atoms with Gasteiger partial charge in [0.25, 0.3) is 0 Å². The molecule has 29 heavy (non-hydrogen) atoms. The zero-order valence-electron chi connectivity index (χ0n) is 16.9. The van der Waals surface area contributed by atoms with Crippen LogP contribution in [0.15, 0.2) is 53.7 Å². The molecule has 4 rings (SSSR count). The fourth-order valence-corrected chi connectivity index (χ4v) is 4.33. The fourth-order valence-electron chi connectivity index (χ4n) is 3.63. The van der Waals surface area contributed by atoms with Crippen LogP contribution in [0.3, 0.4) is 0 Å². The molecule has 0 fully saturated rings. The van der Waals surface area contributed by atoms with E-state index >= 15 is 0 Å². The van der Waals surface area contributed by atoms with Gasteiger partial charge in [-0.25, -0.2) is 4.68 Å². The van der Waals surface area contributed by atoms with Gasteiger partial charge in [0.2, 0.25) is 11.1 Å². The predicted molar refractivity (Wildman–Crippen MR) is 117 cm³/mol. The zero-order valence-corrected chi connectivity index (χ0v) is 17.7. The SMILES string of the molecule is CC(C)(C)c1nnc(SCC(=O)N2c3ccccc3CCc3ccccc32)n1N. The quantitative estimate of drug-likeness (QED) is 0.527. The first-order valence-corrected chi connectivity index (χ1v) is 10.7. The molecule has 1 aliphatic heterocycles. The molecule has 0 aliphatic carbocycles. The highest BCUT2D eigenvalue weighted by atomic mass is 32.2. The van der Waals surface area contributed by atoms with Crippen LogP contribution in [0.25, 0.3) is 0 Å². The van der Waals surface area contributed by atoms with Crippen molar-refractivity contribution in [1.82, 2.24) is 14.9 Å². The number of hydrogen-bond donors (Lipinski definition) is 1. The standard InChI is InChI=1S/C22H25N5OS/c1-22(2,3)20-24-25-21(27(20)23)29-14-19(28)26-17-10-6-4-8-15(17)12-13-16-9-5-7-11-18(16)26/h4-11H,12-14,23H2,1-3H3. The Morgan fingerprint density at radius 1 is 1.00 bits per heavy atom. The van der Waals surface area contributed by atoms with Crippen molar-refractivity contribution in [2.75, 3.05) is 16.5 Å². The number of thioether (sulfide) groups is 1. The van der Waals surface area contributed by atoms with Crippen LogP contribution in [0, 0.1) is 0 Å². The maximum absolute atomic E-state index is 13.4. The van der Waals surface area contributed by atoms with E-state index in [0.29, 0.717) is 11.0 Å². The van der Waals surface area contributed by atoms with Crippen molar-refractivity contribution in [3.05, 3.63) is 65.5 Å². The minimum atomic E-state index is -0.215. The number of carbonyl (C=O) groups excluding carboxylic acids is 1. The number of fused-ring (bicyclic) bond motifs is 2. The lowest BCUT2D eigenvalue weighted by molar-refractivity contribution is -0.115.